The number of hydrogen-bond acceptors (Lipinski definition) is 5. The highest BCUT2D eigenvalue weighted by molar-refractivity contribution is 6.00. The first-order valence-corrected chi connectivity index (χ1v) is 5.54. The SMILES string of the molecule is CO/N=C/c1cc(OC)c(OC)cc1NC(=O)C(F)(F)F. The summed E-state index contributed by atoms with van der Waals surface area (Å²) in [5.74, 6) is -1.69. The van der Waals surface area contributed by atoms with Gasteiger partial charge in [-0.2, -0.15) is 13.2 Å². The van der Waals surface area contributed by atoms with Crippen LogP contribution in [0.25, 0.3) is 0 Å². The van der Waals surface area contributed by atoms with E-state index >= 15 is 0 Å². The van der Waals surface area contributed by atoms with Gasteiger partial charge in [0.1, 0.15) is 7.11 Å². The van der Waals surface area contributed by atoms with Gasteiger partial charge in [0, 0.05) is 11.6 Å². The molecule has 1 aromatic rings. The van der Waals surface area contributed by atoms with Crippen LogP contribution >= 0.6 is 0 Å². The number of methoxy groups -OCH3 is 2. The number of hydrogen-bond donors (Lipinski definition) is 1. The number of ether oxygens (including phenoxy) is 2. The van der Waals surface area contributed by atoms with Crippen LogP contribution in [0.1, 0.15) is 5.56 Å². The minimum absolute atomic E-state index is 0.143. The molecule has 0 aliphatic heterocycles. The van der Waals surface area contributed by atoms with Crippen molar-refractivity contribution >= 4 is 17.8 Å². The maximum Gasteiger partial charge on any atom is 0.471 e. The van der Waals surface area contributed by atoms with Crippen LogP contribution in [-0.2, 0) is 9.63 Å². The predicted octanol–water partition coefficient (Wildman–Crippen LogP) is 2.18. The Bertz CT molecular complexity index is 544. The summed E-state index contributed by atoms with van der Waals surface area (Å²) in [4.78, 5) is 15.5. The Morgan fingerprint density at radius 3 is 2.24 bits per heavy atom. The Balaban J connectivity index is 3.26. The highest BCUT2D eigenvalue weighted by atomic mass is 19.4. The molecule has 0 aromatic heterocycles. The lowest BCUT2D eigenvalue weighted by Gasteiger charge is -2.14. The Morgan fingerprint density at radius 1 is 1.19 bits per heavy atom. The third-order valence-corrected chi connectivity index (χ3v) is 2.36. The van der Waals surface area contributed by atoms with Gasteiger partial charge in [-0.05, 0) is 6.07 Å². The fourth-order valence-corrected chi connectivity index (χ4v) is 1.41. The number of alkyl halides is 3. The maximum absolute atomic E-state index is 12.3. The number of carbonyl (C=O) groups is 1. The number of nitrogens with zero attached hydrogens (tertiary/aromatic N) is 1. The van der Waals surface area contributed by atoms with E-state index in [1.807, 2.05) is 0 Å². The van der Waals surface area contributed by atoms with Crippen molar-refractivity contribution < 1.29 is 32.3 Å². The zero-order valence-electron chi connectivity index (χ0n) is 11.4. The van der Waals surface area contributed by atoms with Gasteiger partial charge < -0.3 is 19.6 Å². The third-order valence-electron chi connectivity index (χ3n) is 2.36. The molecule has 116 valence electrons. The van der Waals surface area contributed by atoms with Gasteiger partial charge in [-0.1, -0.05) is 5.16 Å². The standard InChI is InChI=1S/C12H13F3N2O4/c1-19-9-4-7(6-16-21-3)8(5-10(9)20-2)17-11(18)12(13,14)15/h4-6H,1-3H3,(H,17,18)/b16-6+. The first-order valence-electron chi connectivity index (χ1n) is 5.54. The number of halogens is 3. The lowest BCUT2D eigenvalue weighted by Crippen LogP contribution is -2.30. The summed E-state index contributed by atoms with van der Waals surface area (Å²) >= 11 is 0. The third kappa shape index (κ3) is 4.26. The van der Waals surface area contributed by atoms with Gasteiger partial charge in [-0.3, -0.25) is 4.79 Å². The van der Waals surface area contributed by atoms with E-state index in [9.17, 15) is 18.0 Å². The second-order valence-electron chi connectivity index (χ2n) is 3.66. The van der Waals surface area contributed by atoms with Crippen molar-refractivity contribution in [2.45, 2.75) is 6.18 Å². The number of oxime groups is 1. The highest BCUT2D eigenvalue weighted by Gasteiger charge is 2.39. The normalized spacial score (nSPS) is 11.3. The van der Waals surface area contributed by atoms with E-state index < -0.39 is 12.1 Å². The van der Waals surface area contributed by atoms with Crippen molar-refractivity contribution in [3.05, 3.63) is 17.7 Å². The number of benzene rings is 1. The van der Waals surface area contributed by atoms with Crippen molar-refractivity contribution in [3.63, 3.8) is 0 Å². The van der Waals surface area contributed by atoms with Crippen LogP contribution in [0.4, 0.5) is 18.9 Å². The summed E-state index contributed by atoms with van der Waals surface area (Å²) < 4.78 is 47.0. The van der Waals surface area contributed by atoms with Crippen LogP contribution in [-0.4, -0.2) is 39.6 Å². The molecule has 1 N–H and O–H groups in total. The van der Waals surface area contributed by atoms with Gasteiger partial charge >= 0.3 is 12.1 Å². The molecule has 0 saturated carbocycles. The van der Waals surface area contributed by atoms with Gasteiger partial charge in [0.15, 0.2) is 11.5 Å². The molecular formula is C12H13F3N2O4. The van der Waals surface area contributed by atoms with E-state index in [0.29, 0.717) is 0 Å². The summed E-state index contributed by atoms with van der Waals surface area (Å²) in [6, 6.07) is 2.55. The molecule has 0 aliphatic rings. The second-order valence-corrected chi connectivity index (χ2v) is 3.66. The summed E-state index contributed by atoms with van der Waals surface area (Å²) in [6.45, 7) is 0. The van der Waals surface area contributed by atoms with Crippen LogP contribution in [0, 0.1) is 0 Å². The zero-order valence-corrected chi connectivity index (χ0v) is 11.4. The van der Waals surface area contributed by atoms with Crippen molar-refractivity contribution in [3.8, 4) is 11.5 Å². The second kappa shape index (κ2) is 6.82. The average Bonchev–Trinajstić information content (AvgIpc) is 2.44. The van der Waals surface area contributed by atoms with Crippen LogP contribution in [0.3, 0.4) is 0 Å². The molecular weight excluding hydrogens is 293 g/mol. The summed E-state index contributed by atoms with van der Waals surface area (Å²) in [6.07, 6.45) is -3.88. The molecule has 21 heavy (non-hydrogen) atoms. The number of anilines is 1. The van der Waals surface area contributed by atoms with E-state index in [0.717, 1.165) is 6.21 Å². The molecule has 1 aromatic carbocycles. The number of rotatable bonds is 5. The van der Waals surface area contributed by atoms with Crippen molar-refractivity contribution in [1.29, 1.82) is 0 Å². The lowest BCUT2D eigenvalue weighted by atomic mass is 10.1. The first-order chi connectivity index (χ1) is 9.83. The van der Waals surface area contributed by atoms with E-state index in [2.05, 4.69) is 9.99 Å². The lowest BCUT2D eigenvalue weighted by molar-refractivity contribution is -0.167. The van der Waals surface area contributed by atoms with Gasteiger partial charge in [-0.25, -0.2) is 0 Å². The Hall–Kier alpha value is -2.45. The van der Waals surface area contributed by atoms with E-state index in [4.69, 9.17) is 9.47 Å². The zero-order chi connectivity index (χ0) is 16.0. The van der Waals surface area contributed by atoms with E-state index in [1.54, 1.807) is 5.32 Å². The van der Waals surface area contributed by atoms with Gasteiger partial charge in [0.2, 0.25) is 0 Å². The largest absolute Gasteiger partial charge is 0.493 e. The quantitative estimate of drug-likeness (QED) is 0.669. The minimum atomic E-state index is -5.01. The van der Waals surface area contributed by atoms with Crippen LogP contribution in [0.5, 0.6) is 11.5 Å². The topological polar surface area (TPSA) is 69.2 Å². The van der Waals surface area contributed by atoms with Gasteiger partial charge in [-0.15, -0.1) is 0 Å². The predicted molar refractivity (Wildman–Crippen MR) is 68.8 cm³/mol. The Kier molecular flexibility index (Phi) is 5.39. The molecule has 0 unspecified atom stereocenters. The molecule has 1 amide bonds. The van der Waals surface area contributed by atoms with Gasteiger partial charge in [0.05, 0.1) is 26.1 Å². The van der Waals surface area contributed by atoms with Crippen LogP contribution < -0.4 is 14.8 Å². The minimum Gasteiger partial charge on any atom is -0.493 e. The van der Waals surface area contributed by atoms with Crippen molar-refractivity contribution in [2.75, 3.05) is 26.6 Å². The molecule has 0 bridgehead atoms. The monoisotopic (exact) mass is 306 g/mol. The van der Waals surface area contributed by atoms with Crippen molar-refractivity contribution in [1.82, 2.24) is 0 Å². The van der Waals surface area contributed by atoms with Crippen molar-refractivity contribution in [2.24, 2.45) is 5.16 Å². The maximum atomic E-state index is 12.3. The summed E-state index contributed by atoms with van der Waals surface area (Å²) in [5, 5.41) is 5.19. The fourth-order valence-electron chi connectivity index (χ4n) is 1.41. The van der Waals surface area contributed by atoms with E-state index in [1.165, 1.54) is 33.5 Å². The first kappa shape index (κ1) is 16.6. The Morgan fingerprint density at radius 2 is 1.76 bits per heavy atom. The molecule has 0 heterocycles. The van der Waals surface area contributed by atoms with Gasteiger partial charge in [0.25, 0.3) is 0 Å². The molecule has 0 aliphatic carbocycles. The average molecular weight is 306 g/mol. The molecule has 0 atom stereocenters. The fraction of sp³-hybridized carbons (Fsp3) is 0.333. The summed E-state index contributed by atoms with van der Waals surface area (Å²) in [5.41, 5.74) is 0.0166. The van der Waals surface area contributed by atoms with E-state index in [-0.39, 0.29) is 22.7 Å². The number of nitrogens with one attached hydrogen (secondary N) is 1. The molecule has 0 radical (unpaired) electrons. The number of amides is 1. The Labute approximate surface area is 118 Å². The molecule has 9 heteroatoms. The summed E-state index contributed by atoms with van der Waals surface area (Å²) in [7, 11) is 3.95. The van der Waals surface area contributed by atoms with Crippen LogP contribution in [0.2, 0.25) is 0 Å². The molecule has 1 rings (SSSR count). The molecule has 0 saturated heterocycles. The highest BCUT2D eigenvalue weighted by Crippen LogP contribution is 2.33. The smallest absolute Gasteiger partial charge is 0.471 e. The number of carbonyl (C=O) groups excluding carboxylic acids is 1. The molecule has 0 fully saturated rings. The van der Waals surface area contributed by atoms with Crippen LogP contribution in [0.15, 0.2) is 17.3 Å². The molecule has 6 nitrogen and oxygen atoms in total. The molecule has 0 spiro atoms.